The number of methoxy groups -OCH3 is 1. The Morgan fingerprint density at radius 1 is 1.30 bits per heavy atom. The molecule has 23 heavy (non-hydrogen) atoms. The minimum absolute atomic E-state index is 0.0885. The number of hydrogen-bond acceptors (Lipinski definition) is 5. The van der Waals surface area contributed by atoms with E-state index in [1.54, 1.807) is 7.11 Å². The normalized spacial score (nSPS) is 24.9. The Balaban J connectivity index is 1.90. The fourth-order valence-corrected chi connectivity index (χ4v) is 2.74. The van der Waals surface area contributed by atoms with Gasteiger partial charge in [0.25, 0.3) is 0 Å². The molecule has 0 radical (unpaired) electrons. The van der Waals surface area contributed by atoms with Gasteiger partial charge >= 0.3 is 0 Å². The van der Waals surface area contributed by atoms with Crippen molar-refractivity contribution < 1.29 is 23.7 Å². The van der Waals surface area contributed by atoms with E-state index in [0.717, 1.165) is 17.6 Å². The van der Waals surface area contributed by atoms with Crippen molar-refractivity contribution in [1.82, 2.24) is 0 Å². The lowest BCUT2D eigenvalue weighted by atomic mass is 10.0. The standard InChI is InChI=1S/C18H26O5/c1-13(21-12-14-5-7-15(20-4)8-6-14)17-11-16(9-10-19)22-18(2,3)23-17/h5-8,10,13,16-17H,9,11-12H2,1-4H3/t13-,16+,17-/m1/s1. The summed E-state index contributed by atoms with van der Waals surface area (Å²) in [6.07, 6.45) is 1.64. The second kappa shape index (κ2) is 7.90. The van der Waals surface area contributed by atoms with Gasteiger partial charge in [-0.1, -0.05) is 12.1 Å². The van der Waals surface area contributed by atoms with E-state index in [4.69, 9.17) is 18.9 Å². The Hall–Kier alpha value is -1.43. The monoisotopic (exact) mass is 322 g/mol. The van der Waals surface area contributed by atoms with Crippen LogP contribution in [0, 0.1) is 0 Å². The molecule has 128 valence electrons. The highest BCUT2D eigenvalue weighted by Gasteiger charge is 2.37. The summed E-state index contributed by atoms with van der Waals surface area (Å²) in [6, 6.07) is 7.79. The van der Waals surface area contributed by atoms with Crippen molar-refractivity contribution in [3.8, 4) is 5.75 Å². The van der Waals surface area contributed by atoms with Gasteiger partial charge in [0.2, 0.25) is 0 Å². The van der Waals surface area contributed by atoms with Gasteiger partial charge in [0, 0.05) is 12.8 Å². The second-order valence-corrected chi connectivity index (χ2v) is 6.30. The predicted molar refractivity (Wildman–Crippen MR) is 86.4 cm³/mol. The summed E-state index contributed by atoms with van der Waals surface area (Å²) in [5, 5.41) is 0. The van der Waals surface area contributed by atoms with Crippen molar-refractivity contribution in [2.45, 2.75) is 64.3 Å². The lowest BCUT2D eigenvalue weighted by molar-refractivity contribution is -0.313. The first kappa shape index (κ1) is 17.9. The van der Waals surface area contributed by atoms with Crippen LogP contribution in [-0.2, 0) is 25.6 Å². The van der Waals surface area contributed by atoms with Crippen molar-refractivity contribution in [2.75, 3.05) is 7.11 Å². The highest BCUT2D eigenvalue weighted by atomic mass is 16.7. The molecule has 1 aromatic rings. The molecule has 5 heteroatoms. The third-order valence-corrected chi connectivity index (χ3v) is 3.94. The number of ether oxygens (including phenoxy) is 4. The lowest BCUT2D eigenvalue weighted by Gasteiger charge is -2.42. The largest absolute Gasteiger partial charge is 0.497 e. The highest BCUT2D eigenvalue weighted by molar-refractivity contribution is 5.50. The summed E-state index contributed by atoms with van der Waals surface area (Å²) in [5.74, 6) is 0.127. The van der Waals surface area contributed by atoms with Gasteiger partial charge in [0.05, 0.1) is 32.0 Å². The molecule has 1 fully saturated rings. The number of carbonyl (C=O) groups is 1. The second-order valence-electron chi connectivity index (χ2n) is 6.30. The zero-order chi connectivity index (χ0) is 16.9. The fourth-order valence-electron chi connectivity index (χ4n) is 2.74. The van der Waals surface area contributed by atoms with Crippen LogP contribution in [0.25, 0.3) is 0 Å². The maximum Gasteiger partial charge on any atom is 0.163 e. The van der Waals surface area contributed by atoms with Gasteiger partial charge in [-0.25, -0.2) is 0 Å². The van der Waals surface area contributed by atoms with E-state index >= 15 is 0 Å². The Bertz CT molecular complexity index is 497. The molecule has 2 rings (SSSR count). The molecule has 0 unspecified atom stereocenters. The van der Waals surface area contributed by atoms with Gasteiger partial charge in [-0.2, -0.15) is 0 Å². The van der Waals surface area contributed by atoms with Crippen LogP contribution in [0.1, 0.15) is 39.2 Å². The SMILES string of the molecule is COc1ccc(CO[C@H](C)[C@H]2C[C@H](CC=O)OC(C)(C)O2)cc1. The number of hydrogen-bond donors (Lipinski definition) is 0. The smallest absolute Gasteiger partial charge is 0.163 e. The van der Waals surface area contributed by atoms with Crippen LogP contribution >= 0.6 is 0 Å². The molecule has 0 aromatic heterocycles. The van der Waals surface area contributed by atoms with Crippen LogP contribution < -0.4 is 4.74 Å². The van der Waals surface area contributed by atoms with Crippen LogP contribution in [0.4, 0.5) is 0 Å². The van der Waals surface area contributed by atoms with Gasteiger partial charge in [-0.3, -0.25) is 0 Å². The lowest BCUT2D eigenvalue weighted by Crippen LogP contribution is -2.48. The molecular weight excluding hydrogens is 296 g/mol. The molecule has 3 atom stereocenters. The summed E-state index contributed by atoms with van der Waals surface area (Å²) in [5.41, 5.74) is 1.08. The van der Waals surface area contributed by atoms with Crippen molar-refractivity contribution in [3.05, 3.63) is 29.8 Å². The Morgan fingerprint density at radius 3 is 2.61 bits per heavy atom. The molecule has 1 aliphatic rings. The summed E-state index contributed by atoms with van der Waals surface area (Å²) in [7, 11) is 1.65. The number of rotatable bonds is 7. The van der Waals surface area contributed by atoms with Crippen molar-refractivity contribution in [3.63, 3.8) is 0 Å². The molecule has 1 heterocycles. The Kier molecular flexibility index (Phi) is 6.16. The molecule has 0 spiro atoms. The van der Waals surface area contributed by atoms with E-state index in [9.17, 15) is 4.79 Å². The minimum atomic E-state index is -0.700. The topological polar surface area (TPSA) is 54.0 Å². The average molecular weight is 322 g/mol. The first-order valence-corrected chi connectivity index (χ1v) is 7.97. The summed E-state index contributed by atoms with van der Waals surface area (Å²) < 4.78 is 22.8. The quantitative estimate of drug-likeness (QED) is 0.722. The maximum atomic E-state index is 10.8. The molecule has 1 saturated heterocycles. The van der Waals surface area contributed by atoms with Gasteiger partial charge in [-0.15, -0.1) is 0 Å². The van der Waals surface area contributed by atoms with Crippen LogP contribution in [0.5, 0.6) is 5.75 Å². The third-order valence-electron chi connectivity index (χ3n) is 3.94. The molecule has 0 saturated carbocycles. The van der Waals surface area contributed by atoms with Crippen molar-refractivity contribution >= 4 is 6.29 Å². The Morgan fingerprint density at radius 2 is 2.00 bits per heavy atom. The van der Waals surface area contributed by atoms with Gasteiger partial charge in [0.15, 0.2) is 5.79 Å². The zero-order valence-corrected chi connectivity index (χ0v) is 14.3. The molecule has 1 aliphatic heterocycles. The van der Waals surface area contributed by atoms with Crippen molar-refractivity contribution in [2.24, 2.45) is 0 Å². The number of carbonyl (C=O) groups excluding carboxylic acids is 1. The average Bonchev–Trinajstić information content (AvgIpc) is 2.52. The van der Waals surface area contributed by atoms with Crippen molar-refractivity contribution in [1.29, 1.82) is 0 Å². The molecule has 0 aliphatic carbocycles. The van der Waals surface area contributed by atoms with E-state index in [-0.39, 0.29) is 18.3 Å². The fraction of sp³-hybridized carbons (Fsp3) is 0.611. The molecule has 0 N–H and O–H groups in total. The summed E-state index contributed by atoms with van der Waals surface area (Å²) >= 11 is 0. The van der Waals surface area contributed by atoms with Crippen LogP contribution in [0.3, 0.4) is 0 Å². The van der Waals surface area contributed by atoms with E-state index in [0.29, 0.717) is 19.4 Å². The highest BCUT2D eigenvalue weighted by Crippen LogP contribution is 2.30. The summed E-state index contributed by atoms with van der Waals surface area (Å²) in [4.78, 5) is 10.8. The number of benzene rings is 1. The van der Waals surface area contributed by atoms with E-state index < -0.39 is 5.79 Å². The van der Waals surface area contributed by atoms with Crippen LogP contribution in [0.2, 0.25) is 0 Å². The molecule has 5 nitrogen and oxygen atoms in total. The zero-order valence-electron chi connectivity index (χ0n) is 14.3. The minimum Gasteiger partial charge on any atom is -0.497 e. The maximum absolute atomic E-state index is 10.8. The van der Waals surface area contributed by atoms with E-state index in [1.165, 1.54) is 0 Å². The first-order chi connectivity index (χ1) is 10.9. The van der Waals surface area contributed by atoms with E-state index in [2.05, 4.69) is 0 Å². The van der Waals surface area contributed by atoms with Gasteiger partial charge in [0.1, 0.15) is 12.0 Å². The van der Waals surface area contributed by atoms with Gasteiger partial charge < -0.3 is 23.7 Å². The third kappa shape index (κ3) is 5.30. The number of aldehydes is 1. The summed E-state index contributed by atoms with van der Waals surface area (Å²) in [6.45, 7) is 6.23. The van der Waals surface area contributed by atoms with E-state index in [1.807, 2.05) is 45.0 Å². The molecule has 1 aromatic carbocycles. The van der Waals surface area contributed by atoms with Gasteiger partial charge in [-0.05, 0) is 38.5 Å². The molecule has 0 bridgehead atoms. The molecule has 0 amide bonds. The van der Waals surface area contributed by atoms with Crippen LogP contribution in [0.15, 0.2) is 24.3 Å². The molecular formula is C18H26O5. The Labute approximate surface area is 137 Å². The van der Waals surface area contributed by atoms with Crippen LogP contribution in [-0.4, -0.2) is 37.5 Å². The first-order valence-electron chi connectivity index (χ1n) is 7.97. The predicted octanol–water partition coefficient (Wildman–Crippen LogP) is 3.10.